The first-order chi connectivity index (χ1) is 17.0. The van der Waals surface area contributed by atoms with E-state index in [1.807, 2.05) is 60.5 Å². The van der Waals surface area contributed by atoms with E-state index in [-0.39, 0.29) is 24.5 Å². The maximum atomic E-state index is 13.3. The predicted octanol–water partition coefficient (Wildman–Crippen LogP) is 4.62. The number of nitrogens with zero attached hydrogens (tertiary/aromatic N) is 3. The monoisotopic (exact) mass is 471 g/mol. The highest BCUT2D eigenvalue weighted by Gasteiger charge is 2.36. The molecular formula is C27H25N3O5. The fraction of sp³-hybridized carbons (Fsp3) is 0.222. The molecule has 0 N–H and O–H groups in total. The van der Waals surface area contributed by atoms with E-state index in [0.717, 1.165) is 16.5 Å². The first kappa shape index (κ1) is 22.6. The maximum Gasteiger partial charge on any atom is 0.337 e. The van der Waals surface area contributed by atoms with E-state index in [9.17, 15) is 9.59 Å². The maximum absolute atomic E-state index is 13.3. The van der Waals surface area contributed by atoms with Crippen LogP contribution >= 0.6 is 0 Å². The minimum atomic E-state index is -0.379. The Morgan fingerprint density at radius 2 is 1.91 bits per heavy atom. The smallest absolute Gasteiger partial charge is 0.337 e. The van der Waals surface area contributed by atoms with Gasteiger partial charge in [-0.1, -0.05) is 30.3 Å². The van der Waals surface area contributed by atoms with Crippen LogP contribution in [-0.4, -0.2) is 48.2 Å². The lowest BCUT2D eigenvalue weighted by Gasteiger charge is -2.23. The van der Waals surface area contributed by atoms with Gasteiger partial charge in [-0.25, -0.2) is 9.80 Å². The van der Waals surface area contributed by atoms with Crippen LogP contribution in [0.3, 0.4) is 0 Å². The number of carbonyl (C=O) groups excluding carboxylic acids is 2. The molecule has 8 heteroatoms. The number of benzene rings is 2. The normalized spacial score (nSPS) is 15.6. The van der Waals surface area contributed by atoms with Gasteiger partial charge in [0.25, 0.3) is 5.91 Å². The van der Waals surface area contributed by atoms with Gasteiger partial charge >= 0.3 is 5.97 Å². The third kappa shape index (κ3) is 4.74. The number of likely N-dealkylation sites (N-methyl/N-ethyl adjacent to an activating group) is 1. The standard InChI is InChI=1S/C27H25N3O5/c1-29(16-18-9-11-19(12-10-18)27(32)33-2)17-26(31)30-22(24-8-5-13-34-24)15-21(28-30)25-14-20-6-3-4-7-23(20)35-25/h3-14,22H,15-17H2,1-2H3/t22-/m1/s1. The molecule has 0 fully saturated rings. The van der Waals surface area contributed by atoms with Crippen LogP contribution < -0.4 is 0 Å². The molecule has 1 amide bonds. The van der Waals surface area contributed by atoms with E-state index in [1.54, 1.807) is 24.5 Å². The Bertz CT molecular complexity index is 1340. The van der Waals surface area contributed by atoms with Crippen LogP contribution in [0.1, 0.15) is 39.9 Å². The molecule has 0 radical (unpaired) electrons. The Morgan fingerprint density at radius 1 is 1.11 bits per heavy atom. The van der Waals surface area contributed by atoms with E-state index < -0.39 is 0 Å². The summed E-state index contributed by atoms with van der Waals surface area (Å²) in [7, 11) is 3.22. The number of amides is 1. The van der Waals surface area contributed by atoms with Gasteiger partial charge < -0.3 is 13.6 Å². The summed E-state index contributed by atoms with van der Waals surface area (Å²) in [6.45, 7) is 0.694. The molecule has 0 saturated carbocycles. The quantitative estimate of drug-likeness (QED) is 0.366. The van der Waals surface area contributed by atoms with Crippen LogP contribution in [0.2, 0.25) is 0 Å². The van der Waals surface area contributed by atoms with E-state index in [2.05, 4.69) is 5.10 Å². The lowest BCUT2D eigenvalue weighted by Crippen LogP contribution is -2.36. The molecule has 4 aromatic rings. The van der Waals surface area contributed by atoms with Gasteiger partial charge in [0, 0.05) is 18.4 Å². The van der Waals surface area contributed by atoms with Gasteiger partial charge in [-0.3, -0.25) is 9.69 Å². The number of hydrazone groups is 1. The summed E-state index contributed by atoms with van der Waals surface area (Å²) >= 11 is 0. The van der Waals surface area contributed by atoms with Crippen molar-refractivity contribution in [1.29, 1.82) is 0 Å². The zero-order valence-corrected chi connectivity index (χ0v) is 19.5. The van der Waals surface area contributed by atoms with Crippen molar-refractivity contribution in [1.82, 2.24) is 9.91 Å². The largest absolute Gasteiger partial charge is 0.467 e. The molecule has 0 spiro atoms. The minimum Gasteiger partial charge on any atom is -0.467 e. The molecule has 35 heavy (non-hydrogen) atoms. The average Bonchev–Trinajstić information content (AvgIpc) is 3.62. The molecule has 2 aromatic heterocycles. The number of hydrogen-bond acceptors (Lipinski definition) is 7. The number of esters is 1. The Kier molecular flexibility index (Phi) is 6.20. The molecule has 8 nitrogen and oxygen atoms in total. The van der Waals surface area contributed by atoms with E-state index in [4.69, 9.17) is 13.6 Å². The summed E-state index contributed by atoms with van der Waals surface area (Å²) in [6, 6.07) is 20.2. The second-order valence-corrected chi connectivity index (χ2v) is 8.53. The van der Waals surface area contributed by atoms with E-state index in [0.29, 0.717) is 35.8 Å². The van der Waals surface area contributed by atoms with Gasteiger partial charge in [0.05, 0.1) is 25.5 Å². The first-order valence-electron chi connectivity index (χ1n) is 11.3. The van der Waals surface area contributed by atoms with Gasteiger partial charge in [-0.15, -0.1) is 0 Å². The molecule has 0 saturated heterocycles. The van der Waals surface area contributed by atoms with Crippen molar-refractivity contribution >= 4 is 28.6 Å². The van der Waals surface area contributed by atoms with Crippen molar-refractivity contribution < 1.29 is 23.2 Å². The number of rotatable bonds is 7. The van der Waals surface area contributed by atoms with Crippen molar-refractivity contribution in [2.45, 2.75) is 19.0 Å². The number of fused-ring (bicyclic) bond motifs is 1. The highest BCUT2D eigenvalue weighted by atomic mass is 16.5. The molecule has 2 aromatic carbocycles. The number of ether oxygens (including phenoxy) is 1. The summed E-state index contributed by atoms with van der Waals surface area (Å²) in [5.41, 5.74) is 2.95. The van der Waals surface area contributed by atoms with Crippen LogP contribution in [0.15, 0.2) is 86.9 Å². The molecule has 178 valence electrons. The highest BCUT2D eigenvalue weighted by Crippen LogP contribution is 2.34. The van der Waals surface area contributed by atoms with Gasteiger partial charge in [0.1, 0.15) is 23.1 Å². The summed E-state index contributed by atoms with van der Waals surface area (Å²) < 4.78 is 16.4. The number of para-hydroxylation sites is 1. The first-order valence-corrected chi connectivity index (χ1v) is 11.3. The van der Waals surface area contributed by atoms with Crippen molar-refractivity contribution in [3.63, 3.8) is 0 Å². The molecule has 1 atom stereocenters. The number of furan rings is 2. The van der Waals surface area contributed by atoms with Crippen LogP contribution in [0.4, 0.5) is 0 Å². The molecule has 0 unspecified atom stereocenters. The number of carbonyl (C=O) groups is 2. The van der Waals surface area contributed by atoms with Crippen molar-refractivity contribution in [2.75, 3.05) is 20.7 Å². The van der Waals surface area contributed by atoms with Crippen LogP contribution in [0.5, 0.6) is 0 Å². The lowest BCUT2D eigenvalue weighted by molar-refractivity contribution is -0.134. The molecule has 0 bridgehead atoms. The average molecular weight is 472 g/mol. The summed E-state index contributed by atoms with van der Waals surface area (Å²) in [5, 5.41) is 7.15. The third-order valence-corrected chi connectivity index (χ3v) is 5.98. The van der Waals surface area contributed by atoms with Gasteiger partial charge in [0.15, 0.2) is 5.76 Å². The Labute approximate surface area is 202 Å². The Hall–Kier alpha value is -4.17. The SMILES string of the molecule is COC(=O)c1ccc(CN(C)CC(=O)N2N=C(c3cc4ccccc4o3)C[C@@H]2c2ccco2)cc1. The number of methoxy groups -OCH3 is 1. The molecule has 0 aliphatic carbocycles. The zero-order valence-electron chi connectivity index (χ0n) is 19.5. The fourth-order valence-electron chi connectivity index (χ4n) is 4.25. The fourth-order valence-corrected chi connectivity index (χ4v) is 4.25. The topological polar surface area (TPSA) is 88.5 Å². The Balaban J connectivity index is 1.32. The van der Waals surface area contributed by atoms with Crippen LogP contribution in [0.25, 0.3) is 11.0 Å². The van der Waals surface area contributed by atoms with Crippen molar-refractivity contribution in [2.24, 2.45) is 5.10 Å². The summed E-state index contributed by atoms with van der Waals surface area (Å²) in [5.74, 6) is 0.800. The minimum absolute atomic E-state index is 0.147. The molecule has 1 aliphatic rings. The molecule has 1 aliphatic heterocycles. The Morgan fingerprint density at radius 3 is 2.63 bits per heavy atom. The predicted molar refractivity (Wildman–Crippen MR) is 130 cm³/mol. The van der Waals surface area contributed by atoms with E-state index in [1.165, 1.54) is 12.1 Å². The zero-order chi connectivity index (χ0) is 24.4. The highest BCUT2D eigenvalue weighted by molar-refractivity contribution is 6.03. The van der Waals surface area contributed by atoms with E-state index >= 15 is 0 Å². The van der Waals surface area contributed by atoms with Gasteiger partial charge in [-0.2, -0.15) is 5.10 Å². The van der Waals surface area contributed by atoms with Gasteiger partial charge in [0.2, 0.25) is 0 Å². The molecule has 3 heterocycles. The second kappa shape index (κ2) is 9.60. The molecule has 5 rings (SSSR count). The van der Waals surface area contributed by atoms with Crippen LogP contribution in [0, 0.1) is 0 Å². The summed E-state index contributed by atoms with van der Waals surface area (Å²) in [6.07, 6.45) is 2.10. The summed E-state index contributed by atoms with van der Waals surface area (Å²) in [4.78, 5) is 26.9. The third-order valence-electron chi connectivity index (χ3n) is 5.98. The van der Waals surface area contributed by atoms with Crippen molar-refractivity contribution in [3.05, 3.63) is 95.6 Å². The van der Waals surface area contributed by atoms with Gasteiger partial charge in [-0.05, 0) is 49.0 Å². The second-order valence-electron chi connectivity index (χ2n) is 8.53. The number of hydrogen-bond donors (Lipinski definition) is 0. The van der Waals surface area contributed by atoms with Crippen LogP contribution in [-0.2, 0) is 16.1 Å². The lowest BCUT2D eigenvalue weighted by atomic mass is 10.1. The van der Waals surface area contributed by atoms with Crippen molar-refractivity contribution in [3.8, 4) is 0 Å². The molecular weight excluding hydrogens is 446 g/mol.